The first-order chi connectivity index (χ1) is 10.4. The maximum absolute atomic E-state index is 9.31. The van der Waals surface area contributed by atoms with Gasteiger partial charge >= 0.3 is 0 Å². The highest BCUT2D eigenvalue weighted by Crippen LogP contribution is 2.26. The molecule has 0 aliphatic rings. The minimum Gasteiger partial charge on any atom is -0.392 e. The Labute approximate surface area is 131 Å². The second-order valence-corrected chi connectivity index (χ2v) is 6.57. The number of aromatic nitrogens is 1. The van der Waals surface area contributed by atoms with Crippen LogP contribution < -0.4 is 5.32 Å². The van der Waals surface area contributed by atoms with E-state index < -0.39 is 0 Å². The Kier molecular flexibility index (Phi) is 4.77. The maximum Gasteiger partial charge on any atom is 0.124 e. The summed E-state index contributed by atoms with van der Waals surface area (Å²) in [5.74, 6) is 0. The molecule has 21 heavy (non-hydrogen) atoms. The molecule has 1 aromatic carbocycles. The molecule has 0 saturated carbocycles. The van der Waals surface area contributed by atoms with Crippen LogP contribution in [-0.2, 0) is 19.7 Å². The first-order valence-corrected chi connectivity index (χ1v) is 8.48. The molecule has 0 bridgehead atoms. The summed E-state index contributed by atoms with van der Waals surface area (Å²) >= 11 is 3.41. The summed E-state index contributed by atoms with van der Waals surface area (Å²) in [7, 11) is 0. The molecule has 0 spiro atoms. The molecule has 0 saturated heterocycles. The van der Waals surface area contributed by atoms with E-state index >= 15 is 0 Å². The van der Waals surface area contributed by atoms with E-state index in [0.717, 1.165) is 29.2 Å². The molecule has 0 amide bonds. The lowest BCUT2D eigenvalue weighted by Crippen LogP contribution is -2.13. The predicted molar refractivity (Wildman–Crippen MR) is 88.3 cm³/mol. The van der Waals surface area contributed by atoms with E-state index in [2.05, 4.69) is 27.1 Å². The van der Waals surface area contributed by atoms with Gasteiger partial charge in [0, 0.05) is 35.1 Å². The molecule has 0 radical (unpaired) electrons. The van der Waals surface area contributed by atoms with Crippen molar-refractivity contribution in [3.8, 4) is 10.6 Å². The zero-order chi connectivity index (χ0) is 14.5. The number of aliphatic hydroxyl groups is 1. The van der Waals surface area contributed by atoms with E-state index in [1.54, 1.807) is 22.7 Å². The number of thiazole rings is 1. The van der Waals surface area contributed by atoms with Crippen LogP contribution in [-0.4, -0.2) is 10.1 Å². The van der Waals surface area contributed by atoms with Crippen LogP contribution in [0.15, 0.2) is 47.3 Å². The van der Waals surface area contributed by atoms with Crippen molar-refractivity contribution in [2.75, 3.05) is 0 Å². The normalized spacial score (nSPS) is 10.9. The number of hydrogen-bond acceptors (Lipinski definition) is 5. The van der Waals surface area contributed by atoms with Crippen LogP contribution in [0, 0.1) is 0 Å². The number of hydrogen-bond donors (Lipinski definition) is 2. The third-order valence-electron chi connectivity index (χ3n) is 3.23. The lowest BCUT2D eigenvalue weighted by atomic mass is 10.1. The molecule has 2 N–H and O–H groups in total. The number of aliphatic hydroxyl groups excluding tert-OH is 1. The van der Waals surface area contributed by atoms with Crippen molar-refractivity contribution in [1.29, 1.82) is 0 Å². The Hall–Kier alpha value is -1.53. The monoisotopic (exact) mass is 316 g/mol. The second kappa shape index (κ2) is 6.95. The van der Waals surface area contributed by atoms with E-state index in [4.69, 9.17) is 0 Å². The molecule has 5 heteroatoms. The first-order valence-electron chi connectivity index (χ1n) is 6.72. The summed E-state index contributed by atoms with van der Waals surface area (Å²) in [6.07, 6.45) is 1.93. The fraction of sp³-hybridized carbons (Fsp3) is 0.188. The van der Waals surface area contributed by atoms with Gasteiger partial charge in [-0.25, -0.2) is 4.98 Å². The highest BCUT2D eigenvalue weighted by Gasteiger charge is 2.05. The zero-order valence-corrected chi connectivity index (χ0v) is 13.1. The highest BCUT2D eigenvalue weighted by atomic mass is 32.1. The molecule has 0 aliphatic carbocycles. The van der Waals surface area contributed by atoms with E-state index in [1.165, 1.54) is 10.4 Å². The summed E-state index contributed by atoms with van der Waals surface area (Å²) in [5, 5.41) is 18.0. The van der Waals surface area contributed by atoms with Crippen LogP contribution in [0.4, 0.5) is 0 Å². The van der Waals surface area contributed by atoms with Crippen molar-refractivity contribution < 1.29 is 5.11 Å². The average Bonchev–Trinajstić information content (AvgIpc) is 3.18. The Morgan fingerprint density at radius 3 is 2.71 bits per heavy atom. The van der Waals surface area contributed by atoms with Gasteiger partial charge in [0.25, 0.3) is 0 Å². The molecule has 3 nitrogen and oxygen atoms in total. The fourth-order valence-electron chi connectivity index (χ4n) is 2.11. The van der Waals surface area contributed by atoms with E-state index in [1.807, 2.05) is 30.5 Å². The standard InChI is InChI=1S/C16H16N2OS2/c19-10-13-4-2-1-3-12(13)7-17-8-15-9-18-16(21-15)14-5-6-20-11-14/h1-6,9,11,17,19H,7-8,10H2. The van der Waals surface area contributed by atoms with Crippen molar-refractivity contribution >= 4 is 22.7 Å². The van der Waals surface area contributed by atoms with Crippen molar-refractivity contribution in [2.24, 2.45) is 0 Å². The highest BCUT2D eigenvalue weighted by molar-refractivity contribution is 7.15. The van der Waals surface area contributed by atoms with Crippen LogP contribution in [0.5, 0.6) is 0 Å². The van der Waals surface area contributed by atoms with Crippen LogP contribution in [0.25, 0.3) is 10.6 Å². The number of rotatable bonds is 6. The van der Waals surface area contributed by atoms with Crippen molar-refractivity contribution in [2.45, 2.75) is 19.7 Å². The largest absolute Gasteiger partial charge is 0.392 e. The Morgan fingerprint density at radius 2 is 1.95 bits per heavy atom. The van der Waals surface area contributed by atoms with Gasteiger partial charge < -0.3 is 10.4 Å². The zero-order valence-electron chi connectivity index (χ0n) is 11.5. The van der Waals surface area contributed by atoms with Crippen LogP contribution in [0.2, 0.25) is 0 Å². The Morgan fingerprint density at radius 1 is 1.10 bits per heavy atom. The summed E-state index contributed by atoms with van der Waals surface area (Å²) in [6.45, 7) is 1.63. The van der Waals surface area contributed by atoms with Crippen molar-refractivity contribution in [3.05, 3.63) is 63.3 Å². The molecule has 2 aromatic heterocycles. The summed E-state index contributed by atoms with van der Waals surface area (Å²) < 4.78 is 0. The quantitative estimate of drug-likeness (QED) is 0.729. The van der Waals surface area contributed by atoms with Crippen LogP contribution >= 0.6 is 22.7 Å². The predicted octanol–water partition coefficient (Wildman–Crippen LogP) is 3.65. The number of benzene rings is 1. The average molecular weight is 316 g/mol. The smallest absolute Gasteiger partial charge is 0.124 e. The first kappa shape index (κ1) is 14.4. The number of nitrogens with one attached hydrogen (secondary N) is 1. The number of nitrogens with zero attached hydrogens (tertiary/aromatic N) is 1. The Bertz CT molecular complexity index is 692. The molecule has 0 atom stereocenters. The van der Waals surface area contributed by atoms with Crippen molar-refractivity contribution in [3.63, 3.8) is 0 Å². The van der Waals surface area contributed by atoms with Gasteiger partial charge in [-0.15, -0.1) is 11.3 Å². The van der Waals surface area contributed by atoms with E-state index in [-0.39, 0.29) is 6.61 Å². The summed E-state index contributed by atoms with van der Waals surface area (Å²) in [4.78, 5) is 5.68. The van der Waals surface area contributed by atoms with Gasteiger partial charge in [0.15, 0.2) is 0 Å². The minimum absolute atomic E-state index is 0.0840. The third kappa shape index (κ3) is 3.57. The van der Waals surface area contributed by atoms with Crippen LogP contribution in [0.3, 0.4) is 0 Å². The molecule has 0 aliphatic heterocycles. The summed E-state index contributed by atoms with van der Waals surface area (Å²) in [6, 6.07) is 10.0. The van der Waals surface area contributed by atoms with Gasteiger partial charge in [0.2, 0.25) is 0 Å². The maximum atomic E-state index is 9.31. The van der Waals surface area contributed by atoms with Gasteiger partial charge in [0.05, 0.1) is 6.61 Å². The lowest BCUT2D eigenvalue weighted by Gasteiger charge is -2.07. The van der Waals surface area contributed by atoms with Gasteiger partial charge in [-0.05, 0) is 22.6 Å². The molecule has 2 heterocycles. The molecule has 0 unspecified atom stereocenters. The lowest BCUT2D eigenvalue weighted by molar-refractivity contribution is 0.280. The fourth-order valence-corrected chi connectivity index (χ4v) is 3.71. The molecular formula is C16H16N2OS2. The molecule has 3 rings (SSSR count). The SMILES string of the molecule is OCc1ccccc1CNCc1cnc(-c2ccsc2)s1. The van der Waals surface area contributed by atoms with Gasteiger partial charge in [-0.3, -0.25) is 0 Å². The van der Waals surface area contributed by atoms with Gasteiger partial charge in [0.1, 0.15) is 5.01 Å². The molecule has 0 fully saturated rings. The third-order valence-corrected chi connectivity index (χ3v) is 4.95. The minimum atomic E-state index is 0.0840. The molecular weight excluding hydrogens is 300 g/mol. The van der Waals surface area contributed by atoms with Crippen LogP contribution in [0.1, 0.15) is 16.0 Å². The topological polar surface area (TPSA) is 45.1 Å². The second-order valence-electron chi connectivity index (χ2n) is 4.67. The molecule has 3 aromatic rings. The van der Waals surface area contributed by atoms with E-state index in [9.17, 15) is 5.11 Å². The number of thiophene rings is 1. The van der Waals surface area contributed by atoms with E-state index in [0.29, 0.717) is 0 Å². The van der Waals surface area contributed by atoms with Gasteiger partial charge in [-0.1, -0.05) is 24.3 Å². The Balaban J connectivity index is 1.58. The van der Waals surface area contributed by atoms with Crippen molar-refractivity contribution in [1.82, 2.24) is 10.3 Å². The summed E-state index contributed by atoms with van der Waals surface area (Å²) in [5.41, 5.74) is 3.32. The van der Waals surface area contributed by atoms with Gasteiger partial charge in [-0.2, -0.15) is 11.3 Å². The molecule has 108 valence electrons.